The first-order valence-electron chi connectivity index (χ1n) is 6.96. The molecule has 1 aliphatic rings. The van der Waals surface area contributed by atoms with Crippen molar-refractivity contribution in [3.05, 3.63) is 29.3 Å². The number of ether oxygens (including phenoxy) is 1. The number of piperazine rings is 1. The standard InChI is InChI=1S/C15H24N2O2/c1-12-11-13(19-2)3-4-14(12)15(18)5-8-17-9-6-16-7-10-17/h3-4,11,15-16,18H,5-10H2,1-2H3. The highest BCUT2D eigenvalue weighted by molar-refractivity contribution is 5.36. The zero-order valence-corrected chi connectivity index (χ0v) is 11.9. The zero-order valence-electron chi connectivity index (χ0n) is 11.9. The van der Waals surface area contributed by atoms with E-state index in [-0.39, 0.29) is 6.10 Å². The average molecular weight is 264 g/mol. The van der Waals surface area contributed by atoms with E-state index in [9.17, 15) is 5.11 Å². The van der Waals surface area contributed by atoms with Crippen molar-refractivity contribution in [2.75, 3.05) is 39.8 Å². The fraction of sp³-hybridized carbons (Fsp3) is 0.600. The van der Waals surface area contributed by atoms with Crippen LogP contribution >= 0.6 is 0 Å². The van der Waals surface area contributed by atoms with Gasteiger partial charge in [-0.15, -0.1) is 0 Å². The Morgan fingerprint density at radius 2 is 2.11 bits per heavy atom. The summed E-state index contributed by atoms with van der Waals surface area (Å²) in [5, 5.41) is 13.7. The highest BCUT2D eigenvalue weighted by Crippen LogP contribution is 2.24. The maximum absolute atomic E-state index is 10.3. The minimum atomic E-state index is -0.388. The largest absolute Gasteiger partial charge is 0.497 e. The van der Waals surface area contributed by atoms with Crippen LogP contribution in [0, 0.1) is 6.92 Å². The number of hydrogen-bond donors (Lipinski definition) is 2. The van der Waals surface area contributed by atoms with Crippen LogP contribution in [-0.2, 0) is 0 Å². The van der Waals surface area contributed by atoms with Crippen molar-refractivity contribution in [2.24, 2.45) is 0 Å². The number of nitrogens with one attached hydrogen (secondary N) is 1. The fourth-order valence-electron chi connectivity index (χ4n) is 2.54. The first-order chi connectivity index (χ1) is 9.20. The van der Waals surface area contributed by atoms with E-state index in [1.165, 1.54) is 0 Å². The molecule has 1 saturated heterocycles. The quantitative estimate of drug-likeness (QED) is 0.842. The minimum absolute atomic E-state index is 0.388. The predicted molar refractivity (Wildman–Crippen MR) is 76.6 cm³/mol. The number of aryl methyl sites for hydroxylation is 1. The monoisotopic (exact) mass is 264 g/mol. The number of nitrogens with zero attached hydrogens (tertiary/aromatic N) is 1. The molecule has 1 atom stereocenters. The van der Waals surface area contributed by atoms with Gasteiger partial charge in [-0.3, -0.25) is 0 Å². The van der Waals surface area contributed by atoms with Crippen molar-refractivity contribution < 1.29 is 9.84 Å². The number of aliphatic hydroxyl groups excluding tert-OH is 1. The number of benzene rings is 1. The van der Waals surface area contributed by atoms with Crippen molar-refractivity contribution in [3.63, 3.8) is 0 Å². The van der Waals surface area contributed by atoms with Gasteiger partial charge < -0.3 is 20.1 Å². The highest BCUT2D eigenvalue weighted by atomic mass is 16.5. The second kappa shape index (κ2) is 6.89. The molecule has 0 saturated carbocycles. The lowest BCUT2D eigenvalue weighted by atomic mass is 10.0. The molecule has 0 radical (unpaired) electrons. The zero-order chi connectivity index (χ0) is 13.7. The van der Waals surface area contributed by atoms with E-state index in [1.807, 2.05) is 25.1 Å². The molecule has 4 heteroatoms. The summed E-state index contributed by atoms with van der Waals surface area (Å²) in [7, 11) is 1.66. The van der Waals surface area contributed by atoms with Gasteiger partial charge in [0, 0.05) is 32.7 Å². The molecule has 0 bridgehead atoms. The maximum atomic E-state index is 10.3. The van der Waals surface area contributed by atoms with Gasteiger partial charge in [-0.05, 0) is 36.6 Å². The molecule has 0 aliphatic carbocycles. The number of hydrogen-bond acceptors (Lipinski definition) is 4. The molecule has 1 fully saturated rings. The number of rotatable bonds is 5. The van der Waals surface area contributed by atoms with Gasteiger partial charge in [-0.2, -0.15) is 0 Å². The minimum Gasteiger partial charge on any atom is -0.497 e. The van der Waals surface area contributed by atoms with Crippen LogP contribution in [-0.4, -0.2) is 49.8 Å². The lowest BCUT2D eigenvalue weighted by molar-refractivity contribution is 0.136. The molecule has 4 nitrogen and oxygen atoms in total. The SMILES string of the molecule is COc1ccc(C(O)CCN2CCNCC2)c(C)c1. The molecule has 1 aliphatic heterocycles. The van der Waals surface area contributed by atoms with Gasteiger partial charge in [0.05, 0.1) is 13.2 Å². The van der Waals surface area contributed by atoms with Gasteiger partial charge in [-0.25, -0.2) is 0 Å². The Bertz CT molecular complexity index is 403. The van der Waals surface area contributed by atoms with Crippen molar-refractivity contribution >= 4 is 0 Å². The summed E-state index contributed by atoms with van der Waals surface area (Å²) in [5.74, 6) is 0.843. The lowest BCUT2D eigenvalue weighted by Crippen LogP contribution is -2.44. The molecule has 1 heterocycles. The van der Waals surface area contributed by atoms with E-state index in [0.29, 0.717) is 0 Å². The Hall–Kier alpha value is -1.10. The van der Waals surface area contributed by atoms with Crippen LogP contribution in [0.1, 0.15) is 23.7 Å². The average Bonchev–Trinajstić information content (AvgIpc) is 2.45. The Balaban J connectivity index is 1.89. The third-order valence-electron chi connectivity index (χ3n) is 3.76. The first-order valence-corrected chi connectivity index (χ1v) is 6.96. The summed E-state index contributed by atoms with van der Waals surface area (Å²) < 4.78 is 5.19. The van der Waals surface area contributed by atoms with Crippen LogP contribution in [0.3, 0.4) is 0 Å². The summed E-state index contributed by atoms with van der Waals surface area (Å²) in [5.41, 5.74) is 2.10. The Labute approximate surface area is 115 Å². The van der Waals surface area contributed by atoms with E-state index in [4.69, 9.17) is 4.74 Å². The molecule has 19 heavy (non-hydrogen) atoms. The van der Waals surface area contributed by atoms with Gasteiger partial charge in [0.2, 0.25) is 0 Å². The molecular formula is C15H24N2O2. The Morgan fingerprint density at radius 1 is 1.37 bits per heavy atom. The fourth-order valence-corrected chi connectivity index (χ4v) is 2.54. The van der Waals surface area contributed by atoms with Gasteiger partial charge in [0.1, 0.15) is 5.75 Å². The van der Waals surface area contributed by atoms with Crippen LogP contribution in [0.15, 0.2) is 18.2 Å². The molecule has 0 spiro atoms. The van der Waals surface area contributed by atoms with E-state index < -0.39 is 0 Å². The van der Waals surface area contributed by atoms with E-state index in [1.54, 1.807) is 7.11 Å². The second-order valence-electron chi connectivity index (χ2n) is 5.12. The Morgan fingerprint density at radius 3 is 2.74 bits per heavy atom. The molecule has 106 valence electrons. The molecular weight excluding hydrogens is 240 g/mol. The molecule has 0 amide bonds. The van der Waals surface area contributed by atoms with E-state index >= 15 is 0 Å². The van der Waals surface area contributed by atoms with Gasteiger partial charge in [0.15, 0.2) is 0 Å². The third kappa shape index (κ3) is 3.93. The molecule has 2 rings (SSSR count). The summed E-state index contributed by atoms with van der Waals surface area (Å²) in [6.45, 7) is 7.23. The first kappa shape index (κ1) is 14.3. The molecule has 1 aromatic carbocycles. The summed E-state index contributed by atoms with van der Waals surface area (Å²) in [4.78, 5) is 2.40. The predicted octanol–water partition coefficient (Wildman–Crippen LogP) is 1.33. The van der Waals surface area contributed by atoms with E-state index in [2.05, 4.69) is 10.2 Å². The topological polar surface area (TPSA) is 44.7 Å². The van der Waals surface area contributed by atoms with Crippen LogP contribution in [0.25, 0.3) is 0 Å². The van der Waals surface area contributed by atoms with Crippen LogP contribution < -0.4 is 10.1 Å². The van der Waals surface area contributed by atoms with Crippen molar-refractivity contribution in [3.8, 4) is 5.75 Å². The molecule has 0 aromatic heterocycles. The Kier molecular flexibility index (Phi) is 5.19. The van der Waals surface area contributed by atoms with E-state index in [0.717, 1.165) is 56.0 Å². The summed E-state index contributed by atoms with van der Waals surface area (Å²) in [6, 6.07) is 5.86. The van der Waals surface area contributed by atoms with Crippen molar-refractivity contribution in [2.45, 2.75) is 19.4 Å². The molecule has 1 unspecified atom stereocenters. The molecule has 1 aromatic rings. The summed E-state index contributed by atoms with van der Waals surface area (Å²) in [6.07, 6.45) is 0.397. The van der Waals surface area contributed by atoms with Gasteiger partial charge in [-0.1, -0.05) is 6.07 Å². The lowest BCUT2D eigenvalue weighted by Gasteiger charge is -2.28. The second-order valence-corrected chi connectivity index (χ2v) is 5.12. The smallest absolute Gasteiger partial charge is 0.119 e. The normalized spacial score (nSPS) is 18.3. The van der Waals surface area contributed by atoms with Crippen LogP contribution in [0.4, 0.5) is 0 Å². The van der Waals surface area contributed by atoms with Crippen molar-refractivity contribution in [1.29, 1.82) is 0 Å². The number of methoxy groups -OCH3 is 1. The van der Waals surface area contributed by atoms with Crippen LogP contribution in [0.5, 0.6) is 5.75 Å². The molecule has 2 N–H and O–H groups in total. The third-order valence-corrected chi connectivity index (χ3v) is 3.76. The van der Waals surface area contributed by atoms with Gasteiger partial charge in [0.25, 0.3) is 0 Å². The van der Waals surface area contributed by atoms with Gasteiger partial charge >= 0.3 is 0 Å². The number of aliphatic hydroxyl groups is 1. The highest BCUT2D eigenvalue weighted by Gasteiger charge is 2.14. The maximum Gasteiger partial charge on any atom is 0.119 e. The summed E-state index contributed by atoms with van der Waals surface area (Å²) >= 11 is 0. The van der Waals surface area contributed by atoms with Crippen molar-refractivity contribution in [1.82, 2.24) is 10.2 Å². The van der Waals surface area contributed by atoms with Crippen LogP contribution in [0.2, 0.25) is 0 Å².